The molecule has 1 atom stereocenters. The Morgan fingerprint density at radius 3 is 2.70 bits per heavy atom. The van der Waals surface area contributed by atoms with Crippen LogP contribution in [0.4, 0.5) is 0 Å². The quantitative estimate of drug-likeness (QED) is 0.735. The summed E-state index contributed by atoms with van der Waals surface area (Å²) in [7, 11) is -1.33. The van der Waals surface area contributed by atoms with E-state index in [4.69, 9.17) is 0 Å². The lowest BCUT2D eigenvalue weighted by atomic mass is 10.1. The highest BCUT2D eigenvalue weighted by molar-refractivity contribution is 7.92. The van der Waals surface area contributed by atoms with Crippen LogP contribution in [0.1, 0.15) is 24.1 Å². The molecule has 3 rings (SSSR count). The summed E-state index contributed by atoms with van der Waals surface area (Å²) in [6.45, 7) is 2.00. The lowest BCUT2D eigenvalue weighted by molar-refractivity contribution is 0.165. The van der Waals surface area contributed by atoms with Crippen LogP contribution in [0.15, 0.2) is 60.1 Å². The molecule has 0 N–H and O–H groups in total. The van der Waals surface area contributed by atoms with Gasteiger partial charge in [-0.2, -0.15) is 4.31 Å². The van der Waals surface area contributed by atoms with Gasteiger partial charge in [-0.05, 0) is 43.7 Å². The predicted molar refractivity (Wildman–Crippen MR) is 110 cm³/mol. The molecule has 1 unspecified atom stereocenters. The van der Waals surface area contributed by atoms with Crippen LogP contribution in [-0.2, 0) is 16.4 Å². The first-order chi connectivity index (χ1) is 13.0. The highest BCUT2D eigenvalue weighted by atomic mass is 32.2. The molecule has 1 aromatic heterocycles. The molecule has 1 aromatic carbocycles. The van der Waals surface area contributed by atoms with Crippen LogP contribution in [0.2, 0.25) is 0 Å². The fourth-order valence-corrected chi connectivity index (χ4v) is 4.61. The summed E-state index contributed by atoms with van der Waals surface area (Å²) < 4.78 is 27.0. The number of hydrogen-bond acceptors (Lipinski definition) is 4. The second-order valence-electron chi connectivity index (χ2n) is 6.96. The van der Waals surface area contributed by atoms with Crippen LogP contribution in [0.25, 0.3) is 6.08 Å². The molecule has 2 aromatic rings. The summed E-state index contributed by atoms with van der Waals surface area (Å²) in [4.78, 5) is 6.62. The lowest BCUT2D eigenvalue weighted by Crippen LogP contribution is -2.48. The molecule has 0 bridgehead atoms. The highest BCUT2D eigenvalue weighted by Gasteiger charge is 2.29. The summed E-state index contributed by atoms with van der Waals surface area (Å²) in [6, 6.07) is 15.7. The minimum atomic E-state index is -3.40. The van der Waals surface area contributed by atoms with E-state index in [9.17, 15) is 8.42 Å². The van der Waals surface area contributed by atoms with Gasteiger partial charge in [0.25, 0.3) is 0 Å². The van der Waals surface area contributed by atoms with E-state index < -0.39 is 10.0 Å². The third kappa shape index (κ3) is 5.73. The molecule has 5 nitrogen and oxygen atoms in total. The van der Waals surface area contributed by atoms with Crippen LogP contribution in [-0.4, -0.2) is 55.3 Å². The summed E-state index contributed by atoms with van der Waals surface area (Å²) in [5.74, 6) is 0. The smallest absolute Gasteiger partial charge is 0.236 e. The minimum Gasteiger partial charge on any atom is -0.302 e. The maximum atomic E-state index is 12.7. The number of sulfonamides is 1. The van der Waals surface area contributed by atoms with Crippen molar-refractivity contribution in [2.45, 2.75) is 25.3 Å². The first-order valence-corrected chi connectivity index (χ1v) is 10.9. The largest absolute Gasteiger partial charge is 0.302 e. The Bertz CT molecular complexity index is 838. The molecule has 0 aliphatic carbocycles. The van der Waals surface area contributed by atoms with Gasteiger partial charge >= 0.3 is 0 Å². The van der Waals surface area contributed by atoms with Crippen LogP contribution >= 0.6 is 0 Å². The Hall–Kier alpha value is -2.02. The zero-order chi connectivity index (χ0) is 19.1. The van der Waals surface area contributed by atoms with Gasteiger partial charge in [0, 0.05) is 49.4 Å². The normalized spacial score (nSPS) is 19.0. The van der Waals surface area contributed by atoms with Crippen molar-refractivity contribution in [3.8, 4) is 0 Å². The van der Waals surface area contributed by atoms with E-state index in [-0.39, 0.29) is 6.04 Å². The molecular formula is C21H27N3O2S. The van der Waals surface area contributed by atoms with Crippen molar-refractivity contribution in [1.82, 2.24) is 14.2 Å². The number of aromatic nitrogens is 1. The maximum Gasteiger partial charge on any atom is 0.236 e. The molecular weight excluding hydrogens is 358 g/mol. The molecule has 0 radical (unpaired) electrons. The number of rotatable bonds is 7. The molecule has 0 spiro atoms. The number of piperidine rings is 1. The summed E-state index contributed by atoms with van der Waals surface area (Å²) in [6.07, 6.45) is 6.26. The lowest BCUT2D eigenvalue weighted by Gasteiger charge is -2.36. The summed E-state index contributed by atoms with van der Waals surface area (Å²) >= 11 is 0. The van der Waals surface area contributed by atoms with Crippen molar-refractivity contribution in [2.75, 3.05) is 26.7 Å². The molecule has 0 amide bonds. The fraction of sp³-hybridized carbons (Fsp3) is 0.381. The molecule has 6 heteroatoms. The van der Waals surface area contributed by atoms with Gasteiger partial charge in [0.1, 0.15) is 0 Å². The number of benzene rings is 1. The topological polar surface area (TPSA) is 53.5 Å². The molecule has 144 valence electrons. The van der Waals surface area contributed by atoms with Gasteiger partial charge in [-0.25, -0.2) is 8.42 Å². The Morgan fingerprint density at radius 2 is 1.96 bits per heavy atom. The number of likely N-dealkylation sites (N-methyl/N-ethyl adjacent to an activating group) is 1. The van der Waals surface area contributed by atoms with Gasteiger partial charge in [0.05, 0.1) is 0 Å². The zero-order valence-electron chi connectivity index (χ0n) is 15.7. The third-order valence-corrected chi connectivity index (χ3v) is 6.55. The summed E-state index contributed by atoms with van der Waals surface area (Å²) in [5.41, 5.74) is 1.96. The zero-order valence-corrected chi connectivity index (χ0v) is 16.6. The van der Waals surface area contributed by atoms with E-state index in [1.165, 1.54) is 5.41 Å². The number of nitrogens with zero attached hydrogens (tertiary/aromatic N) is 3. The van der Waals surface area contributed by atoms with Gasteiger partial charge in [-0.1, -0.05) is 36.4 Å². The Labute approximate surface area is 162 Å². The Kier molecular flexibility index (Phi) is 6.77. The molecule has 1 aliphatic heterocycles. The fourth-order valence-electron chi connectivity index (χ4n) is 3.35. The van der Waals surface area contributed by atoms with E-state index in [2.05, 4.69) is 16.9 Å². The van der Waals surface area contributed by atoms with E-state index in [1.807, 2.05) is 54.7 Å². The van der Waals surface area contributed by atoms with Gasteiger partial charge in [0.15, 0.2) is 0 Å². The SMILES string of the molecule is CN(CCc1ccccn1)C1CCCN(S(=O)(=O)/C=C/c2ccccc2)C1. The molecule has 1 aliphatic rings. The summed E-state index contributed by atoms with van der Waals surface area (Å²) in [5, 5.41) is 1.33. The van der Waals surface area contributed by atoms with Gasteiger partial charge in [-0.15, -0.1) is 0 Å². The van der Waals surface area contributed by atoms with E-state index >= 15 is 0 Å². The average molecular weight is 386 g/mol. The van der Waals surface area contributed by atoms with Crippen molar-refractivity contribution in [1.29, 1.82) is 0 Å². The van der Waals surface area contributed by atoms with Crippen molar-refractivity contribution < 1.29 is 8.42 Å². The van der Waals surface area contributed by atoms with Crippen molar-refractivity contribution in [2.24, 2.45) is 0 Å². The second-order valence-corrected chi connectivity index (χ2v) is 8.78. The molecule has 27 heavy (non-hydrogen) atoms. The Morgan fingerprint density at radius 1 is 1.19 bits per heavy atom. The third-order valence-electron chi connectivity index (χ3n) is 5.02. The van der Waals surface area contributed by atoms with Crippen molar-refractivity contribution in [3.63, 3.8) is 0 Å². The maximum absolute atomic E-state index is 12.7. The van der Waals surface area contributed by atoms with E-state index in [0.717, 1.165) is 37.1 Å². The molecule has 1 fully saturated rings. The van der Waals surface area contributed by atoms with Crippen LogP contribution in [0.5, 0.6) is 0 Å². The Balaban J connectivity index is 1.58. The second kappa shape index (κ2) is 9.26. The van der Waals surface area contributed by atoms with Crippen LogP contribution in [0, 0.1) is 0 Å². The van der Waals surface area contributed by atoms with Gasteiger partial charge < -0.3 is 4.90 Å². The van der Waals surface area contributed by atoms with E-state index in [1.54, 1.807) is 10.4 Å². The molecule has 1 saturated heterocycles. The van der Waals surface area contributed by atoms with Crippen LogP contribution in [0.3, 0.4) is 0 Å². The number of hydrogen-bond donors (Lipinski definition) is 0. The monoisotopic (exact) mass is 385 g/mol. The standard InChI is InChI=1S/C21H27N3O2S/c1-23(16-12-20-10-5-6-14-22-20)21-11-7-15-24(18-21)27(25,26)17-13-19-8-3-2-4-9-19/h2-6,8-10,13-14,17,21H,7,11-12,15-16,18H2,1H3/b17-13+. The van der Waals surface area contributed by atoms with Crippen molar-refractivity contribution >= 4 is 16.1 Å². The predicted octanol–water partition coefficient (Wildman–Crippen LogP) is 3.02. The first-order valence-electron chi connectivity index (χ1n) is 9.38. The molecule has 0 saturated carbocycles. The highest BCUT2D eigenvalue weighted by Crippen LogP contribution is 2.19. The molecule has 2 heterocycles. The first kappa shape index (κ1) is 19.7. The number of pyridine rings is 1. The van der Waals surface area contributed by atoms with Gasteiger partial charge in [0.2, 0.25) is 10.0 Å². The van der Waals surface area contributed by atoms with Crippen molar-refractivity contribution in [3.05, 3.63) is 71.4 Å². The minimum absolute atomic E-state index is 0.238. The average Bonchev–Trinajstić information content (AvgIpc) is 2.72. The van der Waals surface area contributed by atoms with Crippen LogP contribution < -0.4 is 0 Å². The van der Waals surface area contributed by atoms with Gasteiger partial charge in [-0.3, -0.25) is 4.98 Å². The van der Waals surface area contributed by atoms with E-state index in [0.29, 0.717) is 13.1 Å².